The van der Waals surface area contributed by atoms with Crippen molar-refractivity contribution in [3.05, 3.63) is 41.0 Å². The van der Waals surface area contributed by atoms with E-state index < -0.39 is 28.9 Å². The SMILES string of the molecule is N#Cc1c(N)sc2c(F)ccc(-c3c(C(F)(F)F)cc4c(N5CC6CCC(C5)N6)nc(OCC56COC(C5)C6)nc4c3F)c12. The summed E-state index contributed by atoms with van der Waals surface area (Å²) in [5.74, 6) is -1.89. The van der Waals surface area contributed by atoms with Crippen molar-refractivity contribution >= 4 is 43.1 Å². The average molecular weight is 629 g/mol. The van der Waals surface area contributed by atoms with Crippen LogP contribution >= 0.6 is 11.3 Å². The number of anilines is 2. The number of piperazine rings is 1. The topological polar surface area (TPSA) is 109 Å². The van der Waals surface area contributed by atoms with Gasteiger partial charge >= 0.3 is 12.2 Å². The lowest BCUT2D eigenvalue weighted by atomic mass is 9.71. The van der Waals surface area contributed by atoms with E-state index in [1.54, 1.807) is 0 Å². The van der Waals surface area contributed by atoms with Gasteiger partial charge in [-0.2, -0.15) is 28.4 Å². The van der Waals surface area contributed by atoms with Gasteiger partial charge in [-0.1, -0.05) is 6.07 Å². The Morgan fingerprint density at radius 2 is 1.93 bits per heavy atom. The molecule has 3 N–H and O–H groups in total. The van der Waals surface area contributed by atoms with E-state index in [9.17, 15) is 22.8 Å². The molecule has 5 fully saturated rings. The number of alkyl halides is 3. The van der Waals surface area contributed by atoms with Gasteiger partial charge in [0.05, 0.1) is 35.1 Å². The first kappa shape index (κ1) is 27.7. The van der Waals surface area contributed by atoms with Crippen LogP contribution in [0.1, 0.15) is 36.8 Å². The number of benzene rings is 2. The standard InChI is InChI=1S/C30H25F5N6O2S/c31-20-4-3-16(21-18(8-36)26(37)44-25(20)21)22-19(30(33,34)35)5-17-24(23(22)32)39-28(43-12-29-6-15(7-29)42-11-29)40-27(17)41-9-13-1-2-14(10-41)38-13/h3-5,13-15,38H,1-2,6-7,9-12,37H2. The number of hydrogen-bond donors (Lipinski definition) is 2. The summed E-state index contributed by atoms with van der Waals surface area (Å²) in [6.07, 6.45) is -1.34. The second-order valence-corrected chi connectivity index (χ2v) is 13.3. The summed E-state index contributed by atoms with van der Waals surface area (Å²) in [7, 11) is 0. The summed E-state index contributed by atoms with van der Waals surface area (Å²) in [6, 6.07) is 4.79. The van der Waals surface area contributed by atoms with Crippen LogP contribution in [0.5, 0.6) is 6.01 Å². The maximum Gasteiger partial charge on any atom is 0.417 e. The molecule has 14 heteroatoms. The second-order valence-electron chi connectivity index (χ2n) is 12.3. The van der Waals surface area contributed by atoms with Crippen LogP contribution in [0.2, 0.25) is 0 Å². The van der Waals surface area contributed by atoms with Crippen LogP contribution in [-0.2, 0) is 10.9 Å². The van der Waals surface area contributed by atoms with Crippen molar-refractivity contribution in [1.29, 1.82) is 5.26 Å². The van der Waals surface area contributed by atoms with Crippen LogP contribution in [0.4, 0.5) is 32.8 Å². The van der Waals surface area contributed by atoms with Crippen LogP contribution in [0.3, 0.4) is 0 Å². The smallest absolute Gasteiger partial charge is 0.417 e. The molecule has 2 aromatic carbocycles. The van der Waals surface area contributed by atoms with E-state index in [0.717, 1.165) is 55.2 Å². The fourth-order valence-corrected chi connectivity index (χ4v) is 8.23. The van der Waals surface area contributed by atoms with Gasteiger partial charge in [0, 0.05) is 46.9 Å². The van der Waals surface area contributed by atoms with Gasteiger partial charge in [0.15, 0.2) is 5.82 Å². The van der Waals surface area contributed by atoms with Gasteiger partial charge in [0.2, 0.25) is 0 Å². The molecule has 8 nitrogen and oxygen atoms in total. The number of ether oxygens (including phenoxy) is 2. The van der Waals surface area contributed by atoms with Crippen molar-refractivity contribution in [2.24, 2.45) is 5.41 Å². The third-order valence-corrected chi connectivity index (χ3v) is 10.4. The maximum atomic E-state index is 16.8. The lowest BCUT2D eigenvalue weighted by molar-refractivity contribution is -0.137. The molecular weight excluding hydrogens is 603 g/mol. The maximum absolute atomic E-state index is 16.8. The lowest BCUT2D eigenvalue weighted by Crippen LogP contribution is -2.51. The highest BCUT2D eigenvalue weighted by Crippen LogP contribution is 2.51. The molecule has 2 unspecified atom stereocenters. The van der Waals surface area contributed by atoms with Crippen LogP contribution in [-0.4, -0.2) is 54.5 Å². The minimum Gasteiger partial charge on any atom is -0.463 e. The fraction of sp³-hybridized carbons (Fsp3) is 0.433. The number of fused-ring (bicyclic) bond motifs is 5. The molecule has 4 aliphatic heterocycles. The lowest BCUT2D eigenvalue weighted by Gasteiger charge is -2.35. The summed E-state index contributed by atoms with van der Waals surface area (Å²) in [5, 5.41) is 12.9. The number of nitrogens with one attached hydrogen (secondary N) is 1. The van der Waals surface area contributed by atoms with E-state index in [1.807, 2.05) is 11.0 Å². The third-order valence-electron chi connectivity index (χ3n) is 9.37. The molecule has 5 aliphatic rings. The molecule has 4 aromatic rings. The number of halogens is 5. The highest BCUT2D eigenvalue weighted by Gasteiger charge is 2.52. The zero-order chi connectivity index (χ0) is 30.5. The number of nitrogen functional groups attached to an aromatic ring is 1. The predicted molar refractivity (Wildman–Crippen MR) is 153 cm³/mol. The van der Waals surface area contributed by atoms with E-state index in [-0.39, 0.29) is 79.2 Å². The molecule has 4 saturated heterocycles. The van der Waals surface area contributed by atoms with Gasteiger partial charge in [-0.25, -0.2) is 8.78 Å². The van der Waals surface area contributed by atoms with Crippen molar-refractivity contribution in [3.63, 3.8) is 0 Å². The number of nitrogens with zero attached hydrogens (tertiary/aromatic N) is 4. The van der Waals surface area contributed by atoms with Crippen LogP contribution < -0.4 is 20.7 Å². The van der Waals surface area contributed by atoms with Gasteiger partial charge in [-0.3, -0.25) is 0 Å². The third kappa shape index (κ3) is 4.20. The van der Waals surface area contributed by atoms with Crippen molar-refractivity contribution in [1.82, 2.24) is 15.3 Å². The van der Waals surface area contributed by atoms with Gasteiger partial charge in [-0.15, -0.1) is 11.3 Å². The average Bonchev–Trinajstić information content (AvgIpc) is 3.74. The highest BCUT2D eigenvalue weighted by atomic mass is 32.1. The zero-order valence-electron chi connectivity index (χ0n) is 23.1. The van der Waals surface area contributed by atoms with Crippen molar-refractivity contribution in [2.75, 3.05) is 36.9 Å². The Hall–Kier alpha value is -3.80. The number of nitrogens with two attached hydrogens (primary N) is 1. The molecule has 9 rings (SSSR count). The van der Waals surface area contributed by atoms with E-state index in [0.29, 0.717) is 19.7 Å². The van der Waals surface area contributed by atoms with E-state index in [4.69, 9.17) is 15.2 Å². The summed E-state index contributed by atoms with van der Waals surface area (Å²) in [5.41, 5.74) is 2.74. The fourth-order valence-electron chi connectivity index (χ4n) is 7.28. The van der Waals surface area contributed by atoms with E-state index in [2.05, 4.69) is 15.3 Å². The van der Waals surface area contributed by atoms with Gasteiger partial charge in [0.25, 0.3) is 0 Å². The Kier molecular flexibility index (Phi) is 6.05. The molecule has 1 saturated carbocycles. The minimum absolute atomic E-state index is 0.0780. The first-order chi connectivity index (χ1) is 21.0. The van der Waals surface area contributed by atoms with Gasteiger partial charge in [-0.05, 0) is 43.4 Å². The molecular formula is C30H25F5N6O2S. The molecule has 2 atom stereocenters. The highest BCUT2D eigenvalue weighted by molar-refractivity contribution is 7.23. The van der Waals surface area contributed by atoms with Crippen molar-refractivity contribution in [2.45, 2.75) is 50.0 Å². The monoisotopic (exact) mass is 628 g/mol. The molecule has 1 aliphatic carbocycles. The number of aromatic nitrogens is 2. The molecule has 44 heavy (non-hydrogen) atoms. The van der Waals surface area contributed by atoms with Crippen molar-refractivity contribution in [3.8, 4) is 23.2 Å². The number of nitriles is 1. The first-order valence-electron chi connectivity index (χ1n) is 14.3. The largest absolute Gasteiger partial charge is 0.463 e. The van der Waals surface area contributed by atoms with Crippen LogP contribution in [0, 0.1) is 28.4 Å². The minimum atomic E-state index is -5.02. The number of hydrogen-bond acceptors (Lipinski definition) is 9. The molecule has 2 aromatic heterocycles. The quantitative estimate of drug-likeness (QED) is 0.269. The van der Waals surface area contributed by atoms with Crippen LogP contribution in [0.25, 0.3) is 32.1 Å². The Morgan fingerprint density at radius 3 is 2.59 bits per heavy atom. The van der Waals surface area contributed by atoms with Crippen LogP contribution in [0.15, 0.2) is 18.2 Å². The Balaban J connectivity index is 1.36. The number of thiophene rings is 1. The second kappa shape index (κ2) is 9.60. The molecule has 228 valence electrons. The molecule has 4 bridgehead atoms. The molecule has 0 spiro atoms. The zero-order valence-corrected chi connectivity index (χ0v) is 23.9. The van der Waals surface area contributed by atoms with Gasteiger partial charge in [0.1, 0.15) is 28.2 Å². The Labute approximate surface area is 251 Å². The van der Waals surface area contributed by atoms with Crippen molar-refractivity contribution < 1.29 is 31.4 Å². The first-order valence-corrected chi connectivity index (χ1v) is 15.1. The Bertz CT molecular complexity index is 1880. The molecule has 0 amide bonds. The van der Waals surface area contributed by atoms with E-state index in [1.165, 1.54) is 0 Å². The molecule has 6 heterocycles. The van der Waals surface area contributed by atoms with E-state index >= 15 is 4.39 Å². The molecule has 0 radical (unpaired) electrons. The summed E-state index contributed by atoms with van der Waals surface area (Å²) in [4.78, 5) is 10.8. The Morgan fingerprint density at radius 1 is 1.18 bits per heavy atom. The summed E-state index contributed by atoms with van der Waals surface area (Å²) >= 11 is 0.722. The van der Waals surface area contributed by atoms with Gasteiger partial charge < -0.3 is 25.4 Å². The normalized spacial score (nSPS) is 25.9. The summed E-state index contributed by atoms with van der Waals surface area (Å²) in [6.45, 7) is 1.71. The predicted octanol–water partition coefficient (Wildman–Crippen LogP) is 5.76. The number of rotatable bonds is 5. The summed E-state index contributed by atoms with van der Waals surface area (Å²) < 4.78 is 87.6.